The van der Waals surface area contributed by atoms with Gasteiger partial charge in [0.05, 0.1) is 12.0 Å². The fourth-order valence-electron chi connectivity index (χ4n) is 0.600. The highest BCUT2D eigenvalue weighted by molar-refractivity contribution is 4.82. The monoisotopic (exact) mass is 126 g/mol. The smallest absolute Gasteiger partial charge is 0.0669 e. The van der Waals surface area contributed by atoms with Crippen molar-refractivity contribution >= 4 is 0 Å². The summed E-state index contributed by atoms with van der Waals surface area (Å²) >= 11 is 0. The zero-order valence-corrected chi connectivity index (χ0v) is 6.15. The van der Waals surface area contributed by atoms with Gasteiger partial charge in [-0.25, -0.2) is 0 Å². The lowest BCUT2D eigenvalue weighted by Gasteiger charge is -2.04. The first-order valence-electron chi connectivity index (χ1n) is 3.45. The van der Waals surface area contributed by atoms with Crippen molar-refractivity contribution < 1.29 is 0 Å². The van der Waals surface area contributed by atoms with Gasteiger partial charge in [-0.05, 0) is 13.0 Å². The minimum atomic E-state index is 0.199. The Morgan fingerprint density at radius 2 is 2.22 bits per heavy atom. The maximum Gasteiger partial charge on any atom is 0.0669 e. The molecule has 0 heterocycles. The lowest BCUT2D eigenvalue weighted by atomic mass is 10.1. The molecule has 0 bridgehead atoms. The molecule has 0 aromatic rings. The number of hydrogen-bond acceptors (Lipinski definition) is 2. The second-order valence-electron chi connectivity index (χ2n) is 2.04. The summed E-state index contributed by atoms with van der Waals surface area (Å²) < 4.78 is 0. The predicted octanol–water partition coefficient (Wildman–Crippen LogP) is 1.15. The van der Waals surface area contributed by atoms with Crippen molar-refractivity contribution in [3.63, 3.8) is 0 Å². The van der Waals surface area contributed by atoms with E-state index in [0.717, 1.165) is 19.5 Å². The zero-order chi connectivity index (χ0) is 7.11. The molecule has 0 fully saturated rings. The van der Waals surface area contributed by atoms with Crippen LogP contribution in [0.3, 0.4) is 0 Å². The quantitative estimate of drug-likeness (QED) is 0.613. The Morgan fingerprint density at radius 3 is 2.56 bits per heavy atom. The van der Waals surface area contributed by atoms with Gasteiger partial charge in [0.2, 0.25) is 0 Å². The molecule has 0 aromatic heterocycles. The summed E-state index contributed by atoms with van der Waals surface area (Å²) in [5.74, 6) is 0.199. The van der Waals surface area contributed by atoms with Gasteiger partial charge in [0.1, 0.15) is 0 Å². The van der Waals surface area contributed by atoms with E-state index in [4.69, 9.17) is 5.26 Å². The molecule has 0 aliphatic rings. The molecule has 0 rings (SSSR count). The second kappa shape index (κ2) is 5.58. The molecule has 0 amide bonds. The summed E-state index contributed by atoms with van der Waals surface area (Å²) in [5.41, 5.74) is 0. The summed E-state index contributed by atoms with van der Waals surface area (Å²) in [6.07, 6.45) is 0.948. The van der Waals surface area contributed by atoms with Crippen LogP contribution in [-0.2, 0) is 0 Å². The summed E-state index contributed by atoms with van der Waals surface area (Å²) in [6.45, 7) is 5.87. The van der Waals surface area contributed by atoms with Crippen molar-refractivity contribution in [1.29, 1.82) is 5.26 Å². The Morgan fingerprint density at radius 1 is 1.56 bits per heavy atom. The summed E-state index contributed by atoms with van der Waals surface area (Å²) in [6, 6.07) is 2.22. The highest BCUT2D eigenvalue weighted by Crippen LogP contribution is 1.96. The molecule has 9 heavy (non-hydrogen) atoms. The first-order chi connectivity index (χ1) is 4.35. The lowest BCUT2D eigenvalue weighted by Crippen LogP contribution is -2.20. The Hall–Kier alpha value is -0.550. The molecule has 1 atom stereocenters. The molecular formula is C7H14N2. The fourth-order valence-corrected chi connectivity index (χ4v) is 0.600. The molecule has 0 aliphatic carbocycles. The van der Waals surface area contributed by atoms with E-state index in [1.807, 2.05) is 13.8 Å². The van der Waals surface area contributed by atoms with Crippen LogP contribution in [0.1, 0.15) is 20.3 Å². The van der Waals surface area contributed by atoms with Crippen LogP contribution in [0, 0.1) is 17.2 Å². The van der Waals surface area contributed by atoms with E-state index < -0.39 is 0 Å². The number of nitrogens with one attached hydrogen (secondary N) is 1. The standard InChI is InChI=1S/C7H14N2/c1-3-7(5-8)6-9-4-2/h7,9H,3-4,6H2,1-2H3. The van der Waals surface area contributed by atoms with E-state index in [0.29, 0.717) is 0 Å². The number of nitriles is 1. The van der Waals surface area contributed by atoms with Crippen molar-refractivity contribution in [1.82, 2.24) is 5.32 Å². The average molecular weight is 126 g/mol. The molecule has 2 heteroatoms. The van der Waals surface area contributed by atoms with Crippen LogP contribution in [-0.4, -0.2) is 13.1 Å². The van der Waals surface area contributed by atoms with Gasteiger partial charge >= 0.3 is 0 Å². The van der Waals surface area contributed by atoms with Gasteiger partial charge in [-0.2, -0.15) is 5.26 Å². The second-order valence-corrected chi connectivity index (χ2v) is 2.04. The van der Waals surface area contributed by atoms with E-state index >= 15 is 0 Å². The van der Waals surface area contributed by atoms with Crippen molar-refractivity contribution in [2.75, 3.05) is 13.1 Å². The molecule has 52 valence electrons. The average Bonchev–Trinajstić information content (AvgIpc) is 1.91. The van der Waals surface area contributed by atoms with Crippen LogP contribution in [0.5, 0.6) is 0 Å². The SMILES string of the molecule is CCNCC(C#N)CC. The first-order valence-corrected chi connectivity index (χ1v) is 3.45. The molecule has 0 spiro atoms. The third-order valence-corrected chi connectivity index (χ3v) is 1.32. The molecular weight excluding hydrogens is 112 g/mol. The number of hydrogen-bond donors (Lipinski definition) is 1. The summed E-state index contributed by atoms with van der Waals surface area (Å²) in [5, 5.41) is 11.6. The Labute approximate surface area is 56.9 Å². The van der Waals surface area contributed by atoms with Gasteiger partial charge in [-0.3, -0.25) is 0 Å². The zero-order valence-electron chi connectivity index (χ0n) is 6.15. The van der Waals surface area contributed by atoms with Gasteiger partial charge in [-0.1, -0.05) is 13.8 Å². The predicted molar refractivity (Wildman–Crippen MR) is 37.9 cm³/mol. The van der Waals surface area contributed by atoms with Crippen LogP contribution in [0.15, 0.2) is 0 Å². The van der Waals surface area contributed by atoms with Gasteiger partial charge in [-0.15, -0.1) is 0 Å². The molecule has 0 saturated heterocycles. The molecule has 0 aliphatic heterocycles. The van der Waals surface area contributed by atoms with E-state index in [-0.39, 0.29) is 5.92 Å². The number of nitrogens with zero attached hydrogens (tertiary/aromatic N) is 1. The van der Waals surface area contributed by atoms with Crippen LogP contribution < -0.4 is 5.32 Å². The van der Waals surface area contributed by atoms with E-state index in [9.17, 15) is 0 Å². The maximum absolute atomic E-state index is 8.46. The molecule has 0 radical (unpaired) electrons. The van der Waals surface area contributed by atoms with Gasteiger partial charge < -0.3 is 5.32 Å². The Kier molecular flexibility index (Phi) is 5.24. The van der Waals surface area contributed by atoms with Crippen molar-refractivity contribution in [2.24, 2.45) is 5.92 Å². The van der Waals surface area contributed by atoms with Gasteiger partial charge in [0.15, 0.2) is 0 Å². The fraction of sp³-hybridized carbons (Fsp3) is 0.857. The van der Waals surface area contributed by atoms with Gasteiger partial charge in [0.25, 0.3) is 0 Å². The highest BCUT2D eigenvalue weighted by Gasteiger charge is 2.00. The third-order valence-electron chi connectivity index (χ3n) is 1.32. The van der Waals surface area contributed by atoms with Crippen LogP contribution in [0.25, 0.3) is 0 Å². The van der Waals surface area contributed by atoms with Crippen LogP contribution in [0.4, 0.5) is 0 Å². The minimum absolute atomic E-state index is 0.199. The topological polar surface area (TPSA) is 35.8 Å². The van der Waals surface area contributed by atoms with Crippen molar-refractivity contribution in [3.8, 4) is 6.07 Å². The van der Waals surface area contributed by atoms with Gasteiger partial charge in [0, 0.05) is 6.54 Å². The van der Waals surface area contributed by atoms with E-state index in [2.05, 4.69) is 11.4 Å². The molecule has 0 aromatic carbocycles. The normalized spacial score (nSPS) is 12.6. The molecule has 1 unspecified atom stereocenters. The lowest BCUT2D eigenvalue weighted by molar-refractivity contribution is 0.566. The summed E-state index contributed by atoms with van der Waals surface area (Å²) in [4.78, 5) is 0. The van der Waals surface area contributed by atoms with Crippen LogP contribution in [0.2, 0.25) is 0 Å². The highest BCUT2D eigenvalue weighted by atomic mass is 14.8. The van der Waals surface area contributed by atoms with E-state index in [1.165, 1.54) is 0 Å². The third kappa shape index (κ3) is 3.99. The van der Waals surface area contributed by atoms with Crippen LogP contribution >= 0.6 is 0 Å². The molecule has 0 saturated carbocycles. The van der Waals surface area contributed by atoms with Crippen molar-refractivity contribution in [2.45, 2.75) is 20.3 Å². The maximum atomic E-state index is 8.46. The van der Waals surface area contributed by atoms with Crippen molar-refractivity contribution in [3.05, 3.63) is 0 Å². The minimum Gasteiger partial charge on any atom is -0.316 e. The van der Waals surface area contributed by atoms with E-state index in [1.54, 1.807) is 0 Å². The summed E-state index contributed by atoms with van der Waals surface area (Å²) in [7, 11) is 0. The Bertz CT molecular complexity index is 93.6. The molecule has 1 N–H and O–H groups in total. The Balaban J connectivity index is 3.23. The number of rotatable bonds is 4. The first kappa shape index (κ1) is 8.45. The largest absolute Gasteiger partial charge is 0.316 e. The molecule has 2 nitrogen and oxygen atoms in total.